The summed E-state index contributed by atoms with van der Waals surface area (Å²) in [5.74, 6) is 0.470. The molecular formula is C17H29NO3. The topological polar surface area (TPSA) is 57.6 Å². The van der Waals surface area contributed by atoms with Crippen molar-refractivity contribution in [2.24, 2.45) is 17.3 Å². The second-order valence-corrected chi connectivity index (χ2v) is 7.56. The molecule has 1 saturated carbocycles. The highest BCUT2D eigenvalue weighted by Gasteiger charge is 2.41. The Morgan fingerprint density at radius 3 is 2.33 bits per heavy atom. The Balaban J connectivity index is 2.06. The highest BCUT2D eigenvalue weighted by Crippen LogP contribution is 2.45. The van der Waals surface area contributed by atoms with Gasteiger partial charge in [-0.3, -0.25) is 9.59 Å². The smallest absolute Gasteiger partial charge is 0.303 e. The predicted octanol–water partition coefficient (Wildman–Crippen LogP) is 3.30. The third-order valence-corrected chi connectivity index (χ3v) is 5.63. The third kappa shape index (κ3) is 3.78. The van der Waals surface area contributed by atoms with Crippen molar-refractivity contribution in [2.45, 2.75) is 71.8 Å². The summed E-state index contributed by atoms with van der Waals surface area (Å²) in [6, 6.07) is 0.275. The Morgan fingerprint density at radius 2 is 1.76 bits per heavy atom. The number of carbonyl (C=O) groups is 2. The van der Waals surface area contributed by atoms with Gasteiger partial charge < -0.3 is 10.0 Å². The van der Waals surface area contributed by atoms with Gasteiger partial charge in [0.15, 0.2) is 0 Å². The Labute approximate surface area is 127 Å². The van der Waals surface area contributed by atoms with Crippen molar-refractivity contribution >= 4 is 11.9 Å². The fraction of sp³-hybridized carbons (Fsp3) is 0.882. The molecule has 0 spiro atoms. The number of carboxylic acid groups (broad SMARTS) is 1. The molecule has 0 bridgehead atoms. The number of nitrogens with zero attached hydrogens (tertiary/aromatic N) is 1. The van der Waals surface area contributed by atoms with E-state index in [-0.39, 0.29) is 23.8 Å². The summed E-state index contributed by atoms with van der Waals surface area (Å²) in [7, 11) is 0. The minimum Gasteiger partial charge on any atom is -0.481 e. The molecule has 0 radical (unpaired) electrons. The molecule has 1 amide bonds. The van der Waals surface area contributed by atoms with Gasteiger partial charge in [-0.2, -0.15) is 0 Å². The molecule has 0 aromatic carbocycles. The summed E-state index contributed by atoms with van der Waals surface area (Å²) >= 11 is 0. The maximum Gasteiger partial charge on any atom is 0.303 e. The van der Waals surface area contributed by atoms with E-state index in [0.717, 1.165) is 32.2 Å². The van der Waals surface area contributed by atoms with Gasteiger partial charge in [0.05, 0.1) is 6.42 Å². The van der Waals surface area contributed by atoms with Crippen LogP contribution >= 0.6 is 0 Å². The first-order valence-electron chi connectivity index (χ1n) is 8.34. The van der Waals surface area contributed by atoms with E-state index >= 15 is 0 Å². The molecule has 0 aromatic rings. The number of carbonyl (C=O) groups excluding carboxylic acids is 1. The number of aliphatic carboxylic acids is 1. The predicted molar refractivity (Wildman–Crippen MR) is 81.9 cm³/mol. The highest BCUT2D eigenvalue weighted by molar-refractivity contribution is 5.78. The van der Waals surface area contributed by atoms with Crippen molar-refractivity contribution in [3.63, 3.8) is 0 Å². The van der Waals surface area contributed by atoms with Gasteiger partial charge in [-0.1, -0.05) is 26.7 Å². The second kappa shape index (κ2) is 6.37. The lowest BCUT2D eigenvalue weighted by atomic mass is 9.78. The average Bonchev–Trinajstić information content (AvgIpc) is 2.80. The highest BCUT2D eigenvalue weighted by atomic mass is 16.4. The minimum atomic E-state index is -0.766. The van der Waals surface area contributed by atoms with Gasteiger partial charge in [0.25, 0.3) is 0 Å². The van der Waals surface area contributed by atoms with Crippen LogP contribution in [0.2, 0.25) is 0 Å². The number of hydrogen-bond acceptors (Lipinski definition) is 2. The van der Waals surface area contributed by atoms with Gasteiger partial charge >= 0.3 is 5.97 Å². The Kier molecular flexibility index (Phi) is 4.95. The second-order valence-electron chi connectivity index (χ2n) is 7.56. The molecule has 1 N–H and O–H groups in total. The van der Waals surface area contributed by atoms with Crippen LogP contribution in [-0.4, -0.2) is 34.5 Å². The SMILES string of the molecule is CC1CC(C)C(C)N(C(=O)CC2(CC(=O)O)CCCC2)C1. The molecule has 21 heavy (non-hydrogen) atoms. The summed E-state index contributed by atoms with van der Waals surface area (Å²) in [4.78, 5) is 26.0. The molecule has 2 aliphatic rings. The van der Waals surface area contributed by atoms with E-state index in [4.69, 9.17) is 0 Å². The van der Waals surface area contributed by atoms with E-state index in [2.05, 4.69) is 20.8 Å². The molecule has 1 aliphatic heterocycles. The zero-order valence-electron chi connectivity index (χ0n) is 13.6. The minimum absolute atomic E-state index is 0.145. The summed E-state index contributed by atoms with van der Waals surface area (Å²) in [5.41, 5.74) is -0.285. The normalized spacial score (nSPS) is 32.1. The maximum absolute atomic E-state index is 12.8. The number of carboxylic acids is 1. The standard InChI is InChI=1S/C17H29NO3/c1-12-8-13(2)14(3)18(11-12)15(19)9-17(10-16(20)21)6-4-5-7-17/h12-14H,4-11H2,1-3H3,(H,20,21). The van der Waals surface area contributed by atoms with Crippen molar-refractivity contribution in [3.05, 3.63) is 0 Å². The molecule has 0 aromatic heterocycles. The van der Waals surface area contributed by atoms with Gasteiger partial charge in [0.2, 0.25) is 5.91 Å². The maximum atomic E-state index is 12.8. The summed E-state index contributed by atoms with van der Waals surface area (Å²) in [6.07, 6.45) is 5.63. The van der Waals surface area contributed by atoms with Crippen LogP contribution in [0.1, 0.15) is 65.7 Å². The molecule has 3 unspecified atom stereocenters. The molecule has 2 fully saturated rings. The van der Waals surface area contributed by atoms with Crippen LogP contribution in [0.3, 0.4) is 0 Å². The van der Waals surface area contributed by atoms with Crippen molar-refractivity contribution in [3.8, 4) is 0 Å². The van der Waals surface area contributed by atoms with Crippen LogP contribution in [-0.2, 0) is 9.59 Å². The van der Waals surface area contributed by atoms with Crippen molar-refractivity contribution in [1.29, 1.82) is 0 Å². The molecule has 120 valence electrons. The first-order chi connectivity index (χ1) is 9.83. The van der Waals surface area contributed by atoms with E-state index in [1.807, 2.05) is 4.90 Å². The van der Waals surface area contributed by atoms with E-state index < -0.39 is 5.97 Å². The quantitative estimate of drug-likeness (QED) is 0.865. The molecule has 3 atom stereocenters. The number of amides is 1. The van der Waals surface area contributed by atoms with Crippen LogP contribution in [0, 0.1) is 17.3 Å². The largest absolute Gasteiger partial charge is 0.481 e. The lowest BCUT2D eigenvalue weighted by Crippen LogP contribution is -2.50. The first kappa shape index (κ1) is 16.3. The number of rotatable bonds is 4. The van der Waals surface area contributed by atoms with Gasteiger partial charge in [0.1, 0.15) is 0 Å². The number of likely N-dealkylation sites (tertiary alicyclic amines) is 1. The lowest BCUT2D eigenvalue weighted by molar-refractivity contribution is -0.143. The molecule has 4 nitrogen and oxygen atoms in total. The monoisotopic (exact) mass is 295 g/mol. The summed E-state index contributed by atoms with van der Waals surface area (Å²) in [5, 5.41) is 9.17. The van der Waals surface area contributed by atoms with Gasteiger partial charge in [-0.05, 0) is 43.4 Å². The molecule has 1 heterocycles. The van der Waals surface area contributed by atoms with Crippen LogP contribution in [0.25, 0.3) is 0 Å². The van der Waals surface area contributed by atoms with Crippen LogP contribution in [0.15, 0.2) is 0 Å². The van der Waals surface area contributed by atoms with Crippen molar-refractivity contribution in [1.82, 2.24) is 4.90 Å². The summed E-state index contributed by atoms with van der Waals surface area (Å²) in [6.45, 7) is 7.37. The Morgan fingerprint density at radius 1 is 1.14 bits per heavy atom. The van der Waals surface area contributed by atoms with Gasteiger partial charge in [0, 0.05) is 19.0 Å². The first-order valence-corrected chi connectivity index (χ1v) is 8.34. The van der Waals surface area contributed by atoms with Crippen molar-refractivity contribution < 1.29 is 14.7 Å². The molecule has 4 heteroatoms. The number of piperidine rings is 1. The van der Waals surface area contributed by atoms with E-state index in [1.54, 1.807) is 0 Å². The zero-order chi connectivity index (χ0) is 15.6. The average molecular weight is 295 g/mol. The molecule has 1 aliphatic carbocycles. The molecule has 1 saturated heterocycles. The van der Waals surface area contributed by atoms with E-state index in [0.29, 0.717) is 18.3 Å². The molecular weight excluding hydrogens is 266 g/mol. The fourth-order valence-corrected chi connectivity index (χ4v) is 4.33. The Bertz CT molecular complexity index is 401. The zero-order valence-corrected chi connectivity index (χ0v) is 13.6. The van der Waals surface area contributed by atoms with Crippen LogP contribution in [0.5, 0.6) is 0 Å². The summed E-state index contributed by atoms with van der Waals surface area (Å²) < 4.78 is 0. The van der Waals surface area contributed by atoms with Crippen molar-refractivity contribution in [2.75, 3.05) is 6.54 Å². The van der Waals surface area contributed by atoms with E-state index in [9.17, 15) is 14.7 Å². The fourth-order valence-electron chi connectivity index (χ4n) is 4.33. The lowest BCUT2D eigenvalue weighted by Gasteiger charge is -2.42. The Hall–Kier alpha value is -1.06. The number of hydrogen-bond donors (Lipinski definition) is 1. The van der Waals surface area contributed by atoms with Crippen LogP contribution < -0.4 is 0 Å². The molecule has 2 rings (SSSR count). The van der Waals surface area contributed by atoms with Gasteiger partial charge in [-0.25, -0.2) is 0 Å². The third-order valence-electron chi connectivity index (χ3n) is 5.63. The van der Waals surface area contributed by atoms with Crippen LogP contribution in [0.4, 0.5) is 0 Å². The van der Waals surface area contributed by atoms with Gasteiger partial charge in [-0.15, -0.1) is 0 Å². The van der Waals surface area contributed by atoms with E-state index in [1.165, 1.54) is 6.42 Å².